The van der Waals surface area contributed by atoms with E-state index in [2.05, 4.69) is 10.3 Å². The molecule has 0 aliphatic heterocycles. The molecule has 1 atom stereocenters. The molecule has 0 aromatic carbocycles. The minimum Gasteiger partial charge on any atom is -0.383 e. The zero-order chi connectivity index (χ0) is 12.5. The Labute approximate surface area is 106 Å². The highest BCUT2D eigenvalue weighted by atomic mass is 32.2. The second-order valence-electron chi connectivity index (χ2n) is 3.70. The van der Waals surface area contributed by atoms with Gasteiger partial charge in [0, 0.05) is 18.9 Å². The molecule has 0 radical (unpaired) electrons. The Morgan fingerprint density at radius 2 is 2.47 bits per heavy atom. The SMILES string of the molecule is CSCC[C@H](O)C(=O)NCCc1cccnc1. The van der Waals surface area contributed by atoms with Crippen molar-refractivity contribution in [3.05, 3.63) is 30.1 Å². The minimum atomic E-state index is -0.892. The van der Waals surface area contributed by atoms with E-state index in [4.69, 9.17) is 0 Å². The zero-order valence-electron chi connectivity index (χ0n) is 9.93. The minimum absolute atomic E-state index is 0.289. The molecule has 94 valence electrons. The highest BCUT2D eigenvalue weighted by Crippen LogP contribution is 2.00. The van der Waals surface area contributed by atoms with Crippen molar-refractivity contribution in [3.8, 4) is 0 Å². The van der Waals surface area contributed by atoms with E-state index in [-0.39, 0.29) is 5.91 Å². The van der Waals surface area contributed by atoms with Gasteiger partial charge in [0.25, 0.3) is 0 Å². The molecule has 1 amide bonds. The molecule has 17 heavy (non-hydrogen) atoms. The second-order valence-corrected chi connectivity index (χ2v) is 4.69. The van der Waals surface area contributed by atoms with Crippen molar-refractivity contribution >= 4 is 17.7 Å². The van der Waals surface area contributed by atoms with Gasteiger partial charge in [-0.2, -0.15) is 11.8 Å². The molecule has 0 aliphatic rings. The predicted molar refractivity (Wildman–Crippen MR) is 70.0 cm³/mol. The summed E-state index contributed by atoms with van der Waals surface area (Å²) in [4.78, 5) is 15.4. The fourth-order valence-corrected chi connectivity index (χ4v) is 1.81. The number of amides is 1. The van der Waals surface area contributed by atoms with Crippen LogP contribution in [0.3, 0.4) is 0 Å². The first-order valence-electron chi connectivity index (χ1n) is 5.57. The standard InChI is InChI=1S/C12H18N2O2S/c1-17-8-5-11(15)12(16)14-7-4-10-3-2-6-13-9-10/h2-3,6,9,11,15H,4-5,7-8H2,1H3,(H,14,16)/t11-/m0/s1. The van der Waals surface area contributed by atoms with E-state index in [0.717, 1.165) is 17.7 Å². The first-order valence-corrected chi connectivity index (χ1v) is 6.97. The number of hydrogen-bond donors (Lipinski definition) is 2. The fourth-order valence-electron chi connectivity index (χ4n) is 1.35. The first kappa shape index (κ1) is 14.0. The van der Waals surface area contributed by atoms with Crippen LogP contribution in [0.1, 0.15) is 12.0 Å². The van der Waals surface area contributed by atoms with E-state index in [1.165, 1.54) is 0 Å². The highest BCUT2D eigenvalue weighted by Gasteiger charge is 2.13. The lowest BCUT2D eigenvalue weighted by molar-refractivity contribution is -0.129. The molecule has 1 rings (SSSR count). The van der Waals surface area contributed by atoms with Gasteiger partial charge < -0.3 is 10.4 Å². The average molecular weight is 254 g/mol. The van der Waals surface area contributed by atoms with Crippen molar-refractivity contribution in [2.75, 3.05) is 18.6 Å². The van der Waals surface area contributed by atoms with Gasteiger partial charge in [-0.1, -0.05) is 6.07 Å². The molecule has 2 N–H and O–H groups in total. The number of thioether (sulfide) groups is 1. The number of rotatable bonds is 7. The van der Waals surface area contributed by atoms with Crippen LogP contribution in [-0.4, -0.2) is 40.7 Å². The smallest absolute Gasteiger partial charge is 0.248 e. The summed E-state index contributed by atoms with van der Waals surface area (Å²) in [5.74, 6) is 0.500. The first-order chi connectivity index (χ1) is 8.24. The Hall–Kier alpha value is -1.07. The van der Waals surface area contributed by atoms with Crippen LogP contribution < -0.4 is 5.32 Å². The van der Waals surface area contributed by atoms with E-state index < -0.39 is 6.10 Å². The lowest BCUT2D eigenvalue weighted by Gasteiger charge is -2.10. The summed E-state index contributed by atoms with van der Waals surface area (Å²) in [6, 6.07) is 3.83. The molecule has 0 unspecified atom stereocenters. The molecule has 0 bridgehead atoms. The lowest BCUT2D eigenvalue weighted by atomic mass is 10.2. The van der Waals surface area contributed by atoms with Gasteiger partial charge in [-0.05, 0) is 36.5 Å². The van der Waals surface area contributed by atoms with Gasteiger partial charge in [0.2, 0.25) is 5.91 Å². The summed E-state index contributed by atoms with van der Waals surface area (Å²) in [5, 5.41) is 12.2. The topological polar surface area (TPSA) is 62.2 Å². The van der Waals surface area contributed by atoms with E-state index in [9.17, 15) is 9.90 Å². The van der Waals surface area contributed by atoms with E-state index in [1.807, 2.05) is 18.4 Å². The highest BCUT2D eigenvalue weighted by molar-refractivity contribution is 7.98. The van der Waals surface area contributed by atoms with Gasteiger partial charge in [0.1, 0.15) is 6.10 Å². The summed E-state index contributed by atoms with van der Waals surface area (Å²) in [6.07, 6.45) is 5.78. The normalized spacial score (nSPS) is 12.1. The van der Waals surface area contributed by atoms with Crippen molar-refractivity contribution in [1.82, 2.24) is 10.3 Å². The predicted octanol–water partition coefficient (Wildman–Crippen LogP) is 0.854. The van der Waals surface area contributed by atoms with Gasteiger partial charge in [-0.25, -0.2) is 0 Å². The summed E-state index contributed by atoms with van der Waals surface area (Å²) in [5.41, 5.74) is 1.08. The van der Waals surface area contributed by atoms with Crippen LogP contribution in [0, 0.1) is 0 Å². The number of aliphatic hydroxyl groups excluding tert-OH is 1. The third-order valence-electron chi connectivity index (χ3n) is 2.33. The van der Waals surface area contributed by atoms with Crippen LogP contribution in [-0.2, 0) is 11.2 Å². The largest absolute Gasteiger partial charge is 0.383 e. The number of aromatic nitrogens is 1. The Morgan fingerprint density at radius 3 is 3.12 bits per heavy atom. The van der Waals surface area contributed by atoms with Crippen molar-refractivity contribution in [2.24, 2.45) is 0 Å². The molecular formula is C12H18N2O2S. The summed E-state index contributed by atoms with van der Waals surface area (Å²) in [7, 11) is 0. The third-order valence-corrected chi connectivity index (χ3v) is 2.98. The number of nitrogens with one attached hydrogen (secondary N) is 1. The van der Waals surface area contributed by atoms with Crippen molar-refractivity contribution in [3.63, 3.8) is 0 Å². The average Bonchev–Trinajstić information content (AvgIpc) is 2.37. The van der Waals surface area contributed by atoms with Crippen LogP contribution in [0.4, 0.5) is 0 Å². The molecule has 0 saturated carbocycles. The van der Waals surface area contributed by atoms with Crippen molar-refractivity contribution in [1.29, 1.82) is 0 Å². The number of carbonyl (C=O) groups excluding carboxylic acids is 1. The van der Waals surface area contributed by atoms with Crippen molar-refractivity contribution < 1.29 is 9.90 Å². The maximum absolute atomic E-state index is 11.5. The monoisotopic (exact) mass is 254 g/mol. The Morgan fingerprint density at radius 1 is 1.65 bits per heavy atom. The molecular weight excluding hydrogens is 236 g/mol. The molecule has 1 heterocycles. The molecule has 0 spiro atoms. The fraction of sp³-hybridized carbons (Fsp3) is 0.500. The van der Waals surface area contributed by atoms with Crippen LogP contribution in [0.2, 0.25) is 0 Å². The Bertz CT molecular complexity index is 333. The Kier molecular flexibility index (Phi) is 6.65. The van der Waals surface area contributed by atoms with E-state index in [1.54, 1.807) is 24.2 Å². The number of nitrogens with zero attached hydrogens (tertiary/aromatic N) is 1. The van der Waals surface area contributed by atoms with Gasteiger partial charge in [-0.3, -0.25) is 9.78 Å². The van der Waals surface area contributed by atoms with Crippen LogP contribution in [0.5, 0.6) is 0 Å². The Balaban J connectivity index is 2.20. The molecule has 1 aromatic heterocycles. The van der Waals surface area contributed by atoms with Gasteiger partial charge in [0.15, 0.2) is 0 Å². The van der Waals surface area contributed by atoms with E-state index in [0.29, 0.717) is 13.0 Å². The van der Waals surface area contributed by atoms with Gasteiger partial charge in [-0.15, -0.1) is 0 Å². The van der Waals surface area contributed by atoms with Crippen LogP contribution in [0.25, 0.3) is 0 Å². The maximum atomic E-state index is 11.5. The molecule has 0 fully saturated rings. The number of carbonyl (C=O) groups is 1. The maximum Gasteiger partial charge on any atom is 0.248 e. The number of aliphatic hydroxyl groups is 1. The molecule has 5 heteroatoms. The van der Waals surface area contributed by atoms with Gasteiger partial charge >= 0.3 is 0 Å². The summed E-state index contributed by atoms with van der Waals surface area (Å²) >= 11 is 1.62. The quantitative estimate of drug-likeness (QED) is 0.757. The molecule has 1 aromatic rings. The number of hydrogen-bond acceptors (Lipinski definition) is 4. The van der Waals surface area contributed by atoms with E-state index >= 15 is 0 Å². The molecule has 4 nitrogen and oxygen atoms in total. The van der Waals surface area contributed by atoms with Gasteiger partial charge in [0.05, 0.1) is 0 Å². The lowest BCUT2D eigenvalue weighted by Crippen LogP contribution is -2.36. The van der Waals surface area contributed by atoms with Crippen LogP contribution in [0.15, 0.2) is 24.5 Å². The molecule has 0 saturated heterocycles. The van der Waals surface area contributed by atoms with Crippen molar-refractivity contribution in [2.45, 2.75) is 18.9 Å². The zero-order valence-corrected chi connectivity index (χ0v) is 10.7. The molecule has 0 aliphatic carbocycles. The number of pyridine rings is 1. The van der Waals surface area contributed by atoms with Crippen LogP contribution >= 0.6 is 11.8 Å². The third kappa shape index (κ3) is 5.70. The summed E-state index contributed by atoms with van der Waals surface area (Å²) in [6.45, 7) is 0.529. The second kappa shape index (κ2) is 8.08. The summed E-state index contributed by atoms with van der Waals surface area (Å²) < 4.78 is 0.